The average Bonchev–Trinajstić information content (AvgIpc) is 4.18. The summed E-state index contributed by atoms with van der Waals surface area (Å²) in [4.78, 5) is 0. The molecule has 0 spiro atoms. The van der Waals surface area contributed by atoms with Crippen molar-refractivity contribution < 1.29 is 8.83 Å². The van der Waals surface area contributed by atoms with Crippen LogP contribution in [-0.4, -0.2) is 0 Å². The van der Waals surface area contributed by atoms with Crippen LogP contribution in [0.1, 0.15) is 0 Å². The van der Waals surface area contributed by atoms with E-state index in [9.17, 15) is 0 Å². The van der Waals surface area contributed by atoms with E-state index < -0.39 is 0 Å². The molecule has 17 aromatic rings. The molecule has 75 heavy (non-hydrogen) atoms. The lowest BCUT2D eigenvalue weighted by Gasteiger charge is -2.18. The molecule has 14 aromatic carbocycles. The normalized spacial score (nSPS) is 12.3. The predicted molar refractivity (Wildman–Crippen MR) is 321 cm³/mol. The van der Waals surface area contributed by atoms with Gasteiger partial charge in [0.05, 0.1) is 0 Å². The standard InChI is InChI=1S/C72H40O2S/c1-3-16-46-41(14-1)29-36-63-70(46)59-38-43(31-34-61(59)73-63)66-49-18-5-7-20-51(49)68(52-21-8-6-19-50(52)66)45-28-33-48-57-26-13-27-58(72(57)75-65(48)40-45)69-55-24-11-9-22-53(55)67(54-23-10-12-25-56(54)69)44-32-35-62-60(39-44)71-47-17-4-2-15-42(47)30-37-64(71)74-62/h1-40H. The highest BCUT2D eigenvalue weighted by molar-refractivity contribution is 7.26. The molecule has 3 aromatic heterocycles. The average molecular weight is 969 g/mol. The lowest BCUT2D eigenvalue weighted by Crippen LogP contribution is -1.91. The van der Waals surface area contributed by atoms with Crippen molar-refractivity contribution in [1.29, 1.82) is 0 Å². The molecule has 0 atom stereocenters. The van der Waals surface area contributed by atoms with Crippen LogP contribution in [0.25, 0.3) is 173 Å². The van der Waals surface area contributed by atoms with Crippen molar-refractivity contribution in [3.63, 3.8) is 0 Å². The van der Waals surface area contributed by atoms with Gasteiger partial charge in [0.25, 0.3) is 0 Å². The van der Waals surface area contributed by atoms with E-state index in [1.54, 1.807) is 0 Å². The van der Waals surface area contributed by atoms with Crippen molar-refractivity contribution in [1.82, 2.24) is 0 Å². The van der Waals surface area contributed by atoms with Crippen molar-refractivity contribution in [2.75, 3.05) is 0 Å². The van der Waals surface area contributed by atoms with E-state index in [4.69, 9.17) is 8.83 Å². The predicted octanol–water partition coefficient (Wildman–Crippen LogP) is 21.4. The first-order valence-electron chi connectivity index (χ1n) is 25.7. The molecule has 0 unspecified atom stereocenters. The third-order valence-electron chi connectivity index (χ3n) is 16.2. The zero-order valence-corrected chi connectivity index (χ0v) is 41.1. The Balaban J connectivity index is 0.852. The molecule has 0 amide bonds. The molecule has 0 bridgehead atoms. The van der Waals surface area contributed by atoms with Crippen LogP contribution in [-0.2, 0) is 0 Å². The van der Waals surface area contributed by atoms with Crippen LogP contribution < -0.4 is 0 Å². The van der Waals surface area contributed by atoms with Crippen LogP contribution in [0.5, 0.6) is 0 Å². The molecule has 0 aliphatic rings. The van der Waals surface area contributed by atoms with Gasteiger partial charge in [0.15, 0.2) is 0 Å². The van der Waals surface area contributed by atoms with E-state index in [1.165, 1.54) is 140 Å². The van der Waals surface area contributed by atoms with Gasteiger partial charge in [-0.1, -0.05) is 200 Å². The molecule has 0 fully saturated rings. The second-order valence-corrected chi connectivity index (χ2v) is 21.2. The fraction of sp³-hybridized carbons (Fsp3) is 0. The second-order valence-electron chi connectivity index (χ2n) is 20.1. The highest BCUT2D eigenvalue weighted by Crippen LogP contribution is 2.51. The van der Waals surface area contributed by atoms with Crippen LogP contribution in [0.2, 0.25) is 0 Å². The minimum atomic E-state index is 0.903. The molecule has 17 rings (SSSR count). The number of hydrogen-bond acceptors (Lipinski definition) is 3. The van der Waals surface area contributed by atoms with Gasteiger partial charge in [0, 0.05) is 47.3 Å². The Bertz CT molecular complexity index is 5200. The molecular formula is C72H40O2S. The summed E-state index contributed by atoms with van der Waals surface area (Å²) in [6.07, 6.45) is 0. The highest BCUT2D eigenvalue weighted by atomic mass is 32.1. The molecule has 0 aliphatic carbocycles. The molecule has 0 aliphatic heterocycles. The number of thiophene rings is 1. The third kappa shape index (κ3) is 5.84. The Morgan fingerprint density at radius 3 is 1.08 bits per heavy atom. The summed E-state index contributed by atoms with van der Waals surface area (Å²) in [5.41, 5.74) is 13.5. The Morgan fingerprint density at radius 1 is 0.240 bits per heavy atom. The summed E-state index contributed by atoms with van der Waals surface area (Å²) in [5, 5.41) is 21.9. The minimum absolute atomic E-state index is 0.903. The Morgan fingerprint density at radius 2 is 0.613 bits per heavy atom. The first-order valence-corrected chi connectivity index (χ1v) is 26.5. The van der Waals surface area contributed by atoms with Gasteiger partial charge in [-0.3, -0.25) is 0 Å². The van der Waals surface area contributed by atoms with Gasteiger partial charge in [-0.25, -0.2) is 0 Å². The number of furan rings is 2. The molecule has 3 heterocycles. The molecule has 0 saturated heterocycles. The van der Waals surface area contributed by atoms with Gasteiger partial charge in [-0.15, -0.1) is 11.3 Å². The SMILES string of the molecule is c1ccc2c(c1)ccc1oc3ccc(-c4c5ccccc5c(-c5ccc6c(c5)sc5c(-c7c8ccccc8c(-c8ccc9oc%10ccc%11ccccc%11c%10c9c8)c8ccccc78)cccc56)c5ccccc45)cc3c12. The van der Waals surface area contributed by atoms with Gasteiger partial charge >= 0.3 is 0 Å². The van der Waals surface area contributed by atoms with Crippen LogP contribution in [0.3, 0.4) is 0 Å². The Hall–Kier alpha value is -9.54. The number of benzene rings is 14. The van der Waals surface area contributed by atoms with E-state index in [0.717, 1.165) is 33.1 Å². The quantitative estimate of drug-likeness (QED) is 0.164. The van der Waals surface area contributed by atoms with Crippen LogP contribution in [0, 0.1) is 0 Å². The van der Waals surface area contributed by atoms with Gasteiger partial charge in [-0.2, -0.15) is 0 Å². The topological polar surface area (TPSA) is 26.3 Å². The lowest BCUT2D eigenvalue weighted by atomic mass is 9.85. The number of hydrogen-bond donors (Lipinski definition) is 0. The summed E-state index contributed by atoms with van der Waals surface area (Å²) in [7, 11) is 0. The van der Waals surface area contributed by atoms with E-state index in [0.29, 0.717) is 0 Å². The molecule has 0 saturated carbocycles. The summed E-state index contributed by atoms with van der Waals surface area (Å²) < 4.78 is 15.5. The summed E-state index contributed by atoms with van der Waals surface area (Å²) in [6.45, 7) is 0. The van der Waals surface area contributed by atoms with Crippen molar-refractivity contribution in [3.05, 3.63) is 243 Å². The van der Waals surface area contributed by atoms with Crippen LogP contribution in [0.4, 0.5) is 0 Å². The van der Waals surface area contributed by atoms with Crippen molar-refractivity contribution in [3.8, 4) is 44.5 Å². The summed E-state index contributed by atoms with van der Waals surface area (Å²) in [5.74, 6) is 0. The van der Waals surface area contributed by atoms with Gasteiger partial charge in [0.2, 0.25) is 0 Å². The molecule has 0 radical (unpaired) electrons. The maximum atomic E-state index is 6.49. The first-order chi connectivity index (χ1) is 37.2. The van der Waals surface area contributed by atoms with Gasteiger partial charge in [-0.05, 0) is 146 Å². The highest BCUT2D eigenvalue weighted by Gasteiger charge is 2.23. The molecule has 346 valence electrons. The zero-order valence-electron chi connectivity index (χ0n) is 40.3. The van der Waals surface area contributed by atoms with E-state index in [-0.39, 0.29) is 0 Å². The molecule has 2 nitrogen and oxygen atoms in total. The van der Waals surface area contributed by atoms with Crippen molar-refractivity contribution in [2.45, 2.75) is 0 Å². The van der Waals surface area contributed by atoms with E-state index in [1.807, 2.05) is 11.3 Å². The van der Waals surface area contributed by atoms with Gasteiger partial charge in [0.1, 0.15) is 22.3 Å². The maximum absolute atomic E-state index is 6.49. The van der Waals surface area contributed by atoms with Gasteiger partial charge < -0.3 is 8.83 Å². The smallest absolute Gasteiger partial charge is 0.136 e. The first kappa shape index (κ1) is 41.0. The zero-order chi connectivity index (χ0) is 48.9. The van der Waals surface area contributed by atoms with E-state index in [2.05, 4.69) is 243 Å². The second kappa shape index (κ2) is 15.5. The maximum Gasteiger partial charge on any atom is 0.136 e. The minimum Gasteiger partial charge on any atom is -0.456 e. The monoisotopic (exact) mass is 968 g/mol. The number of fused-ring (bicyclic) bond motifs is 17. The molecule has 0 N–H and O–H groups in total. The molecular weight excluding hydrogens is 929 g/mol. The summed E-state index contributed by atoms with van der Waals surface area (Å²) >= 11 is 1.91. The van der Waals surface area contributed by atoms with Crippen LogP contribution >= 0.6 is 11.3 Å². The van der Waals surface area contributed by atoms with Crippen LogP contribution in [0.15, 0.2) is 251 Å². The van der Waals surface area contributed by atoms with Crippen molar-refractivity contribution >= 4 is 140 Å². The lowest BCUT2D eigenvalue weighted by molar-refractivity contribution is 0.669. The molecule has 3 heteroatoms. The fourth-order valence-corrected chi connectivity index (χ4v) is 14.3. The number of rotatable bonds is 4. The summed E-state index contributed by atoms with van der Waals surface area (Å²) in [6, 6.07) is 89.4. The largest absolute Gasteiger partial charge is 0.456 e. The third-order valence-corrected chi connectivity index (χ3v) is 17.4. The van der Waals surface area contributed by atoms with E-state index >= 15 is 0 Å². The fourth-order valence-electron chi connectivity index (χ4n) is 13.0. The Kier molecular flexibility index (Phi) is 8.46. The van der Waals surface area contributed by atoms with Crippen molar-refractivity contribution in [2.24, 2.45) is 0 Å². The Labute approximate surface area is 433 Å².